The molecular weight excluding hydrogens is 364 g/mol. The summed E-state index contributed by atoms with van der Waals surface area (Å²) in [5.74, 6) is 0.0862. The van der Waals surface area contributed by atoms with Gasteiger partial charge >= 0.3 is 0 Å². The van der Waals surface area contributed by atoms with E-state index in [1.54, 1.807) is 24.6 Å². The number of thiophene rings is 1. The lowest BCUT2D eigenvalue weighted by atomic mass is 9.92. The Hall–Kier alpha value is -1.73. The maximum Gasteiger partial charge on any atom is 0.231 e. The molecule has 1 aliphatic rings. The van der Waals surface area contributed by atoms with Crippen LogP contribution in [0.15, 0.2) is 34.4 Å². The highest BCUT2D eigenvalue weighted by Gasteiger charge is 2.38. The molecule has 0 spiro atoms. The number of pyridine rings is 1. The number of amides is 1. The van der Waals surface area contributed by atoms with Gasteiger partial charge in [-0.15, -0.1) is 11.3 Å². The van der Waals surface area contributed by atoms with E-state index in [0.717, 1.165) is 20.5 Å². The number of carbonyl (C=O) groups is 1. The molecule has 1 atom stereocenters. The molecule has 0 aliphatic carbocycles. The molecule has 2 aromatic rings. The van der Waals surface area contributed by atoms with Gasteiger partial charge in [0.2, 0.25) is 5.91 Å². The predicted molar refractivity (Wildman–Crippen MR) is 90.9 cm³/mol. The van der Waals surface area contributed by atoms with Crippen molar-refractivity contribution in [3.63, 3.8) is 0 Å². The van der Waals surface area contributed by atoms with E-state index in [9.17, 15) is 4.79 Å². The van der Waals surface area contributed by atoms with Crippen LogP contribution in [0.5, 0.6) is 0 Å². The minimum absolute atomic E-state index is 0.0506. The van der Waals surface area contributed by atoms with Crippen molar-refractivity contribution in [3.8, 4) is 11.1 Å². The molecule has 1 aliphatic heterocycles. The first-order valence-electron chi connectivity index (χ1n) is 6.72. The predicted octanol–water partition coefficient (Wildman–Crippen LogP) is 3.17. The van der Waals surface area contributed by atoms with Crippen LogP contribution in [0.25, 0.3) is 11.1 Å². The summed E-state index contributed by atoms with van der Waals surface area (Å²) in [7, 11) is 1.62. The molecule has 0 unspecified atom stereocenters. The van der Waals surface area contributed by atoms with Gasteiger partial charge in [-0.05, 0) is 45.9 Å². The quantitative estimate of drug-likeness (QED) is 0.842. The second-order valence-corrected chi connectivity index (χ2v) is 7.35. The van der Waals surface area contributed by atoms with Crippen LogP contribution in [0.4, 0.5) is 0 Å². The van der Waals surface area contributed by atoms with Crippen molar-refractivity contribution in [1.29, 1.82) is 5.41 Å². The van der Waals surface area contributed by atoms with Crippen molar-refractivity contribution in [2.75, 3.05) is 7.05 Å². The van der Waals surface area contributed by atoms with Gasteiger partial charge in [-0.3, -0.25) is 20.1 Å². The highest BCUT2D eigenvalue weighted by atomic mass is 79.9. The van der Waals surface area contributed by atoms with Crippen molar-refractivity contribution in [3.05, 3.63) is 39.3 Å². The Bertz CT molecular complexity index is 740. The molecule has 0 aromatic carbocycles. The number of carbonyl (C=O) groups excluding carboxylic acids is 1. The Morgan fingerprint density at radius 2 is 2.18 bits per heavy atom. The molecule has 0 bridgehead atoms. The number of nitrogens with one attached hydrogen (secondary N) is 2. The van der Waals surface area contributed by atoms with E-state index in [4.69, 9.17) is 5.41 Å². The molecule has 3 heterocycles. The highest BCUT2D eigenvalue weighted by molar-refractivity contribution is 9.10. The van der Waals surface area contributed by atoms with Crippen LogP contribution >= 0.6 is 27.3 Å². The van der Waals surface area contributed by atoms with E-state index in [0.29, 0.717) is 6.42 Å². The summed E-state index contributed by atoms with van der Waals surface area (Å²) in [5.41, 5.74) is 1.55. The average molecular weight is 379 g/mol. The maximum absolute atomic E-state index is 12.0. The third-order valence-corrected chi connectivity index (χ3v) is 5.42. The zero-order chi connectivity index (χ0) is 15.9. The minimum atomic E-state index is -0.539. The number of aromatic nitrogens is 1. The van der Waals surface area contributed by atoms with Crippen molar-refractivity contribution < 1.29 is 4.79 Å². The van der Waals surface area contributed by atoms with Crippen LogP contribution in [0.1, 0.15) is 18.2 Å². The fourth-order valence-corrected chi connectivity index (χ4v) is 3.83. The molecule has 114 valence electrons. The monoisotopic (exact) mass is 378 g/mol. The highest BCUT2D eigenvalue weighted by Crippen LogP contribution is 2.36. The van der Waals surface area contributed by atoms with Gasteiger partial charge in [0.1, 0.15) is 0 Å². The number of guanidine groups is 1. The second kappa shape index (κ2) is 5.48. The van der Waals surface area contributed by atoms with Crippen molar-refractivity contribution >= 4 is 39.1 Å². The first kappa shape index (κ1) is 15.2. The summed E-state index contributed by atoms with van der Waals surface area (Å²) in [5, 5.41) is 13.1. The van der Waals surface area contributed by atoms with E-state index >= 15 is 0 Å². The minimum Gasteiger partial charge on any atom is -0.345 e. The average Bonchev–Trinajstić information content (AvgIpc) is 2.95. The SMILES string of the molecule is CN1C(=N)N[C@](C)(c2cc(-c3cncc(Br)c3)cs2)CC1=O. The molecule has 1 fully saturated rings. The fourth-order valence-electron chi connectivity index (χ4n) is 2.43. The van der Waals surface area contributed by atoms with Gasteiger partial charge in [-0.1, -0.05) is 0 Å². The normalized spacial score (nSPS) is 21.9. The first-order valence-corrected chi connectivity index (χ1v) is 8.39. The van der Waals surface area contributed by atoms with Gasteiger partial charge in [0, 0.05) is 34.4 Å². The van der Waals surface area contributed by atoms with Gasteiger partial charge in [0.05, 0.1) is 12.0 Å². The summed E-state index contributed by atoms with van der Waals surface area (Å²) in [6.45, 7) is 1.96. The third-order valence-electron chi connectivity index (χ3n) is 3.79. The Labute approximate surface area is 141 Å². The smallest absolute Gasteiger partial charge is 0.231 e. The Morgan fingerprint density at radius 3 is 2.86 bits per heavy atom. The van der Waals surface area contributed by atoms with Crippen LogP contribution in [0, 0.1) is 5.41 Å². The lowest BCUT2D eigenvalue weighted by Gasteiger charge is -2.38. The van der Waals surface area contributed by atoms with E-state index < -0.39 is 5.54 Å². The Morgan fingerprint density at radius 1 is 1.41 bits per heavy atom. The first-order chi connectivity index (χ1) is 10.4. The number of nitrogens with zero attached hydrogens (tertiary/aromatic N) is 2. The van der Waals surface area contributed by atoms with E-state index in [2.05, 4.69) is 37.7 Å². The lowest BCUT2D eigenvalue weighted by Crippen LogP contribution is -2.57. The van der Waals surface area contributed by atoms with Crippen molar-refractivity contribution in [1.82, 2.24) is 15.2 Å². The molecule has 2 N–H and O–H groups in total. The molecule has 3 rings (SSSR count). The summed E-state index contributed by atoms with van der Waals surface area (Å²) >= 11 is 5.01. The topological polar surface area (TPSA) is 69.1 Å². The Balaban J connectivity index is 1.93. The second-order valence-electron chi connectivity index (χ2n) is 5.53. The summed E-state index contributed by atoms with van der Waals surface area (Å²) in [6, 6.07) is 4.07. The van der Waals surface area contributed by atoms with E-state index in [-0.39, 0.29) is 11.9 Å². The molecule has 1 amide bonds. The van der Waals surface area contributed by atoms with Crippen LogP contribution in [0.2, 0.25) is 0 Å². The van der Waals surface area contributed by atoms with E-state index in [1.165, 1.54) is 4.90 Å². The van der Waals surface area contributed by atoms with Gasteiger partial charge in [0.15, 0.2) is 5.96 Å². The number of halogens is 1. The summed E-state index contributed by atoms with van der Waals surface area (Å²) in [6.07, 6.45) is 3.90. The molecule has 7 heteroatoms. The number of hydrogen-bond donors (Lipinski definition) is 2. The zero-order valence-electron chi connectivity index (χ0n) is 12.2. The molecular formula is C15H15BrN4OS. The summed E-state index contributed by atoms with van der Waals surface area (Å²) in [4.78, 5) is 18.6. The maximum atomic E-state index is 12.0. The standard InChI is InChI=1S/C15H15BrN4OS/c1-15(5-13(21)20(2)14(17)19-15)12-4-10(8-22-12)9-3-11(16)7-18-6-9/h3-4,6-8H,5H2,1-2H3,(H2,17,19)/t15-/m0/s1. The zero-order valence-corrected chi connectivity index (χ0v) is 14.6. The van der Waals surface area contributed by atoms with Crippen LogP contribution in [0.3, 0.4) is 0 Å². The molecule has 0 radical (unpaired) electrons. The lowest BCUT2D eigenvalue weighted by molar-refractivity contribution is -0.129. The molecule has 22 heavy (non-hydrogen) atoms. The largest absolute Gasteiger partial charge is 0.345 e. The van der Waals surface area contributed by atoms with Gasteiger partial charge in [-0.2, -0.15) is 0 Å². The van der Waals surface area contributed by atoms with Crippen molar-refractivity contribution in [2.45, 2.75) is 18.9 Å². The van der Waals surface area contributed by atoms with Crippen LogP contribution < -0.4 is 5.32 Å². The van der Waals surface area contributed by atoms with E-state index in [1.807, 2.05) is 19.2 Å². The van der Waals surface area contributed by atoms with Crippen molar-refractivity contribution in [2.24, 2.45) is 0 Å². The molecule has 1 saturated heterocycles. The summed E-state index contributed by atoms with van der Waals surface area (Å²) < 4.78 is 0.929. The van der Waals surface area contributed by atoms with Gasteiger partial charge in [-0.25, -0.2) is 0 Å². The molecule has 0 saturated carbocycles. The fraction of sp³-hybridized carbons (Fsp3) is 0.267. The molecule has 2 aromatic heterocycles. The van der Waals surface area contributed by atoms with Gasteiger partial charge in [0.25, 0.3) is 0 Å². The third kappa shape index (κ3) is 2.66. The van der Waals surface area contributed by atoms with Crippen LogP contribution in [-0.2, 0) is 10.3 Å². The number of rotatable bonds is 2. The number of hydrogen-bond acceptors (Lipinski definition) is 4. The molecule has 5 nitrogen and oxygen atoms in total. The van der Waals surface area contributed by atoms with Gasteiger partial charge < -0.3 is 5.32 Å². The van der Waals surface area contributed by atoms with Crippen LogP contribution in [-0.4, -0.2) is 28.8 Å². The Kier molecular flexibility index (Phi) is 3.78.